The van der Waals surface area contributed by atoms with Crippen molar-refractivity contribution in [2.45, 2.75) is 32.7 Å². The molecule has 0 saturated carbocycles. The number of fused-ring (bicyclic) bond motifs is 1. The zero-order chi connectivity index (χ0) is 19.3. The van der Waals surface area contributed by atoms with E-state index >= 15 is 0 Å². The molecular formula is C24H29N3O. The van der Waals surface area contributed by atoms with Crippen molar-refractivity contribution >= 4 is 16.8 Å². The van der Waals surface area contributed by atoms with Crippen molar-refractivity contribution in [2.75, 3.05) is 26.2 Å². The normalized spacial score (nSPS) is 15.7. The van der Waals surface area contributed by atoms with Crippen LogP contribution < -0.4 is 0 Å². The van der Waals surface area contributed by atoms with E-state index in [1.165, 1.54) is 22.1 Å². The van der Waals surface area contributed by atoms with Crippen LogP contribution in [0.15, 0.2) is 54.7 Å². The highest BCUT2D eigenvalue weighted by Crippen LogP contribution is 2.19. The predicted octanol–water partition coefficient (Wildman–Crippen LogP) is 4.14. The van der Waals surface area contributed by atoms with Gasteiger partial charge in [0, 0.05) is 56.2 Å². The van der Waals surface area contributed by atoms with Gasteiger partial charge in [-0.3, -0.25) is 9.69 Å². The Morgan fingerprint density at radius 3 is 2.68 bits per heavy atom. The van der Waals surface area contributed by atoms with Crippen LogP contribution in [0.25, 0.3) is 10.9 Å². The summed E-state index contributed by atoms with van der Waals surface area (Å²) in [6.07, 6.45) is 4.47. The molecule has 0 spiro atoms. The molecule has 1 aromatic heterocycles. The van der Waals surface area contributed by atoms with Crippen LogP contribution in [0.4, 0.5) is 0 Å². The number of carbonyl (C=O) groups is 1. The summed E-state index contributed by atoms with van der Waals surface area (Å²) in [4.78, 5) is 20.6. The monoisotopic (exact) mass is 375 g/mol. The summed E-state index contributed by atoms with van der Waals surface area (Å²) >= 11 is 0. The van der Waals surface area contributed by atoms with Crippen LogP contribution in [-0.2, 0) is 17.8 Å². The standard InChI is InChI=1S/C24H29N3O/c1-19-7-9-20(10-8-19)18-26-13-4-14-27(16-15-26)24(28)12-11-21-17-25-23-6-3-2-5-22(21)23/h2-3,5-10,17,25H,4,11-16,18H2,1H3. The number of nitrogens with zero attached hydrogens (tertiary/aromatic N) is 2. The molecule has 0 unspecified atom stereocenters. The average molecular weight is 376 g/mol. The van der Waals surface area contributed by atoms with Gasteiger partial charge in [0.25, 0.3) is 0 Å². The van der Waals surface area contributed by atoms with Crippen LogP contribution in [0, 0.1) is 6.92 Å². The summed E-state index contributed by atoms with van der Waals surface area (Å²) in [6, 6.07) is 17.1. The first-order chi connectivity index (χ1) is 13.7. The van der Waals surface area contributed by atoms with Gasteiger partial charge in [-0.05, 0) is 37.0 Å². The summed E-state index contributed by atoms with van der Waals surface area (Å²) in [7, 11) is 0. The van der Waals surface area contributed by atoms with Gasteiger partial charge in [-0.15, -0.1) is 0 Å². The van der Waals surface area contributed by atoms with Crippen LogP contribution in [-0.4, -0.2) is 46.9 Å². The highest BCUT2D eigenvalue weighted by atomic mass is 16.2. The maximum absolute atomic E-state index is 12.8. The van der Waals surface area contributed by atoms with Crippen molar-refractivity contribution in [3.63, 3.8) is 0 Å². The van der Waals surface area contributed by atoms with Gasteiger partial charge >= 0.3 is 0 Å². The molecule has 4 nitrogen and oxygen atoms in total. The van der Waals surface area contributed by atoms with E-state index in [4.69, 9.17) is 0 Å². The fourth-order valence-corrected chi connectivity index (χ4v) is 4.07. The third-order valence-corrected chi connectivity index (χ3v) is 5.75. The Hall–Kier alpha value is -2.59. The Balaban J connectivity index is 1.30. The van der Waals surface area contributed by atoms with Gasteiger partial charge in [0.15, 0.2) is 0 Å². The molecule has 0 atom stereocenters. The zero-order valence-corrected chi connectivity index (χ0v) is 16.7. The quantitative estimate of drug-likeness (QED) is 0.728. The van der Waals surface area contributed by atoms with Crippen molar-refractivity contribution < 1.29 is 4.79 Å². The minimum absolute atomic E-state index is 0.280. The average Bonchev–Trinajstić information content (AvgIpc) is 2.98. The number of carbonyl (C=O) groups excluding carboxylic acids is 1. The first kappa shape index (κ1) is 18.8. The number of hydrogen-bond acceptors (Lipinski definition) is 2. The largest absolute Gasteiger partial charge is 0.361 e. The third-order valence-electron chi connectivity index (χ3n) is 5.75. The van der Waals surface area contributed by atoms with Crippen molar-refractivity contribution in [1.29, 1.82) is 0 Å². The molecular weight excluding hydrogens is 346 g/mol. The molecule has 1 aliphatic heterocycles. The van der Waals surface area contributed by atoms with Crippen molar-refractivity contribution in [2.24, 2.45) is 0 Å². The van der Waals surface area contributed by atoms with Gasteiger partial charge in [-0.1, -0.05) is 48.0 Å². The van der Waals surface area contributed by atoms with Gasteiger partial charge < -0.3 is 9.88 Å². The summed E-state index contributed by atoms with van der Waals surface area (Å²) in [5.74, 6) is 0.280. The summed E-state index contributed by atoms with van der Waals surface area (Å²) < 4.78 is 0. The Morgan fingerprint density at radius 1 is 1.00 bits per heavy atom. The molecule has 28 heavy (non-hydrogen) atoms. The lowest BCUT2D eigenvalue weighted by atomic mass is 10.1. The second-order valence-corrected chi connectivity index (χ2v) is 7.86. The van der Waals surface area contributed by atoms with Gasteiger partial charge in [-0.25, -0.2) is 0 Å². The van der Waals surface area contributed by atoms with Gasteiger partial charge in [0.05, 0.1) is 0 Å². The molecule has 0 bridgehead atoms. The SMILES string of the molecule is Cc1ccc(CN2CCCN(C(=O)CCc3c[nH]c4ccccc34)CC2)cc1. The van der Waals surface area contributed by atoms with E-state index in [9.17, 15) is 4.79 Å². The number of amides is 1. The van der Waals surface area contributed by atoms with E-state index in [1.807, 2.05) is 12.3 Å². The smallest absolute Gasteiger partial charge is 0.222 e. The minimum atomic E-state index is 0.280. The van der Waals surface area contributed by atoms with E-state index in [1.54, 1.807) is 0 Å². The van der Waals surface area contributed by atoms with E-state index < -0.39 is 0 Å². The fourth-order valence-electron chi connectivity index (χ4n) is 4.07. The molecule has 1 aliphatic rings. The number of H-pyrrole nitrogens is 1. The molecule has 146 valence electrons. The maximum atomic E-state index is 12.8. The Morgan fingerprint density at radius 2 is 1.82 bits per heavy atom. The molecule has 2 heterocycles. The predicted molar refractivity (Wildman–Crippen MR) is 114 cm³/mol. The minimum Gasteiger partial charge on any atom is -0.361 e. The van der Waals surface area contributed by atoms with E-state index in [0.29, 0.717) is 6.42 Å². The van der Waals surface area contributed by atoms with Crippen LogP contribution in [0.5, 0.6) is 0 Å². The molecule has 0 aliphatic carbocycles. The number of para-hydroxylation sites is 1. The van der Waals surface area contributed by atoms with E-state index in [2.05, 4.69) is 64.2 Å². The maximum Gasteiger partial charge on any atom is 0.222 e. The fraction of sp³-hybridized carbons (Fsp3) is 0.375. The molecule has 1 amide bonds. The summed E-state index contributed by atoms with van der Waals surface area (Å²) in [6.45, 7) is 6.80. The Labute approximate surface area is 167 Å². The number of aromatic nitrogens is 1. The molecule has 4 rings (SSSR count). The molecule has 2 aromatic carbocycles. The third kappa shape index (κ3) is 4.45. The molecule has 1 saturated heterocycles. The topological polar surface area (TPSA) is 39.3 Å². The van der Waals surface area contributed by atoms with Crippen LogP contribution in [0.1, 0.15) is 29.5 Å². The molecule has 3 aromatic rings. The van der Waals surface area contributed by atoms with Gasteiger partial charge in [-0.2, -0.15) is 0 Å². The summed E-state index contributed by atoms with van der Waals surface area (Å²) in [5.41, 5.74) is 5.03. The summed E-state index contributed by atoms with van der Waals surface area (Å²) in [5, 5.41) is 1.23. The highest BCUT2D eigenvalue weighted by Gasteiger charge is 2.19. The molecule has 1 N–H and O–H groups in total. The Bertz CT molecular complexity index is 928. The lowest BCUT2D eigenvalue weighted by Gasteiger charge is -2.22. The van der Waals surface area contributed by atoms with E-state index in [-0.39, 0.29) is 5.91 Å². The number of aryl methyl sites for hydroxylation is 2. The first-order valence-corrected chi connectivity index (χ1v) is 10.3. The van der Waals surface area contributed by atoms with Gasteiger partial charge in [0.2, 0.25) is 5.91 Å². The van der Waals surface area contributed by atoms with E-state index in [0.717, 1.165) is 51.1 Å². The number of aromatic amines is 1. The second-order valence-electron chi connectivity index (χ2n) is 7.86. The molecule has 4 heteroatoms. The van der Waals surface area contributed by atoms with Crippen molar-refractivity contribution in [3.05, 3.63) is 71.4 Å². The lowest BCUT2D eigenvalue weighted by Crippen LogP contribution is -2.35. The number of nitrogens with one attached hydrogen (secondary N) is 1. The number of hydrogen-bond donors (Lipinski definition) is 1. The van der Waals surface area contributed by atoms with Crippen molar-refractivity contribution in [3.8, 4) is 0 Å². The molecule has 0 radical (unpaired) electrons. The lowest BCUT2D eigenvalue weighted by molar-refractivity contribution is -0.131. The highest BCUT2D eigenvalue weighted by molar-refractivity contribution is 5.84. The Kier molecular flexibility index (Phi) is 5.77. The van der Waals surface area contributed by atoms with Crippen molar-refractivity contribution in [1.82, 2.24) is 14.8 Å². The van der Waals surface area contributed by atoms with Crippen LogP contribution in [0.3, 0.4) is 0 Å². The van der Waals surface area contributed by atoms with Crippen LogP contribution >= 0.6 is 0 Å². The molecule has 1 fully saturated rings. The zero-order valence-electron chi connectivity index (χ0n) is 16.7. The second kappa shape index (κ2) is 8.61. The first-order valence-electron chi connectivity index (χ1n) is 10.3. The van der Waals surface area contributed by atoms with Gasteiger partial charge in [0.1, 0.15) is 0 Å². The van der Waals surface area contributed by atoms with Crippen LogP contribution in [0.2, 0.25) is 0 Å². The number of rotatable bonds is 5. The number of benzene rings is 2.